The zero-order chi connectivity index (χ0) is 24.6. The average Bonchev–Trinajstić information content (AvgIpc) is 3.61. The maximum Gasteiger partial charge on any atom is 0.254 e. The van der Waals surface area contributed by atoms with Gasteiger partial charge in [-0.1, -0.05) is 35.3 Å². The molecule has 0 unspecified atom stereocenters. The summed E-state index contributed by atoms with van der Waals surface area (Å²) in [5.41, 5.74) is 0.826. The minimum absolute atomic E-state index is 0.00754. The number of benzene rings is 2. The first-order valence-electron chi connectivity index (χ1n) is 11.1. The second-order valence-corrected chi connectivity index (χ2v) is 11.0. The molecule has 184 valence electrons. The van der Waals surface area contributed by atoms with Crippen LogP contribution in [-0.2, 0) is 21.3 Å². The molecule has 2 fully saturated rings. The lowest BCUT2D eigenvalue weighted by Gasteiger charge is -2.27. The molecule has 0 N–H and O–H groups in total. The fourth-order valence-electron chi connectivity index (χ4n) is 3.89. The Morgan fingerprint density at radius 1 is 1.06 bits per heavy atom. The average molecular weight is 537 g/mol. The van der Waals surface area contributed by atoms with Crippen molar-refractivity contribution in [3.63, 3.8) is 0 Å². The van der Waals surface area contributed by atoms with Gasteiger partial charge in [0.2, 0.25) is 21.8 Å². The number of rotatable bonds is 7. The number of hydrogen-bond donors (Lipinski definition) is 0. The van der Waals surface area contributed by atoms with Gasteiger partial charge < -0.3 is 14.1 Å². The van der Waals surface area contributed by atoms with Gasteiger partial charge >= 0.3 is 0 Å². The van der Waals surface area contributed by atoms with Gasteiger partial charge in [0.1, 0.15) is 4.90 Å². The van der Waals surface area contributed by atoms with Crippen molar-refractivity contribution in [1.29, 1.82) is 0 Å². The van der Waals surface area contributed by atoms with Crippen LogP contribution in [-0.4, -0.2) is 66.1 Å². The predicted octanol–water partition coefficient (Wildman–Crippen LogP) is 3.87. The van der Waals surface area contributed by atoms with Gasteiger partial charge in [-0.25, -0.2) is 8.42 Å². The van der Waals surface area contributed by atoms with Gasteiger partial charge in [0, 0.05) is 24.7 Å². The van der Waals surface area contributed by atoms with E-state index < -0.39 is 10.0 Å². The van der Waals surface area contributed by atoms with Crippen molar-refractivity contribution in [2.75, 3.05) is 26.3 Å². The van der Waals surface area contributed by atoms with Crippen LogP contribution in [0.1, 0.15) is 29.1 Å². The molecule has 1 saturated heterocycles. The number of morpholine rings is 1. The van der Waals surface area contributed by atoms with Crippen molar-refractivity contribution < 1.29 is 22.4 Å². The third kappa shape index (κ3) is 5.07. The Labute approximate surface area is 212 Å². The molecular weight excluding hydrogens is 515 g/mol. The molecule has 0 radical (unpaired) electrons. The fourth-order valence-corrected chi connectivity index (χ4v) is 6.01. The molecule has 2 heterocycles. The first kappa shape index (κ1) is 24.2. The SMILES string of the molecule is O=C(c1ccc(Cl)c(S(=O)(=O)N2CCOCC2)c1)N(Cc1nnc(-c2ccccc2Cl)o1)C1CC1. The van der Waals surface area contributed by atoms with Gasteiger partial charge in [0.05, 0.1) is 35.4 Å². The minimum atomic E-state index is -3.87. The van der Waals surface area contributed by atoms with Crippen molar-refractivity contribution in [3.05, 3.63) is 64.0 Å². The Morgan fingerprint density at radius 2 is 1.80 bits per heavy atom. The minimum Gasteiger partial charge on any atom is -0.419 e. The highest BCUT2D eigenvalue weighted by Crippen LogP contribution is 2.33. The van der Waals surface area contributed by atoms with Crippen LogP contribution in [0.3, 0.4) is 0 Å². The summed E-state index contributed by atoms with van der Waals surface area (Å²) in [4.78, 5) is 15.0. The highest BCUT2D eigenvalue weighted by atomic mass is 35.5. The maximum absolute atomic E-state index is 13.5. The number of carbonyl (C=O) groups excluding carboxylic acids is 1. The molecule has 35 heavy (non-hydrogen) atoms. The van der Waals surface area contributed by atoms with Gasteiger partial charge in [0.25, 0.3) is 5.91 Å². The summed E-state index contributed by atoms with van der Waals surface area (Å²) in [6.45, 7) is 1.18. The molecule has 0 spiro atoms. The molecule has 9 nitrogen and oxygen atoms in total. The van der Waals surface area contributed by atoms with Crippen LogP contribution in [0.5, 0.6) is 0 Å². The Balaban J connectivity index is 1.40. The van der Waals surface area contributed by atoms with E-state index >= 15 is 0 Å². The summed E-state index contributed by atoms with van der Waals surface area (Å²) in [6, 6.07) is 11.4. The Bertz CT molecular complexity index is 1350. The van der Waals surface area contributed by atoms with Crippen molar-refractivity contribution >= 4 is 39.1 Å². The van der Waals surface area contributed by atoms with Crippen LogP contribution >= 0.6 is 23.2 Å². The normalized spacial score (nSPS) is 16.9. The van der Waals surface area contributed by atoms with Gasteiger partial charge in [-0.05, 0) is 43.2 Å². The van der Waals surface area contributed by atoms with Crippen LogP contribution in [0.15, 0.2) is 51.8 Å². The lowest BCUT2D eigenvalue weighted by Crippen LogP contribution is -2.40. The standard InChI is InChI=1S/C23H22Cl2N4O5S/c24-18-4-2-1-3-17(18)22-27-26-21(34-22)14-29(16-6-7-16)23(30)15-5-8-19(25)20(13-15)35(31,32)28-9-11-33-12-10-28/h1-5,8,13,16H,6-7,9-12,14H2. The quantitative estimate of drug-likeness (QED) is 0.451. The van der Waals surface area contributed by atoms with Crippen molar-refractivity contribution in [2.24, 2.45) is 0 Å². The summed E-state index contributed by atoms with van der Waals surface area (Å²) in [7, 11) is -3.87. The van der Waals surface area contributed by atoms with E-state index in [-0.39, 0.29) is 58.8 Å². The number of nitrogens with zero attached hydrogens (tertiary/aromatic N) is 4. The Hall–Kier alpha value is -2.50. The summed E-state index contributed by atoms with van der Waals surface area (Å²) >= 11 is 12.5. The molecule has 2 aromatic carbocycles. The van der Waals surface area contributed by atoms with Crippen LogP contribution in [0.25, 0.3) is 11.5 Å². The van der Waals surface area contributed by atoms with Gasteiger partial charge in [0.15, 0.2) is 0 Å². The molecule has 1 aliphatic carbocycles. The third-order valence-corrected chi connectivity index (χ3v) is 8.60. The number of hydrogen-bond acceptors (Lipinski definition) is 7. The van der Waals surface area contributed by atoms with Crippen molar-refractivity contribution in [1.82, 2.24) is 19.4 Å². The summed E-state index contributed by atoms with van der Waals surface area (Å²) in [6.07, 6.45) is 1.67. The number of carbonyl (C=O) groups is 1. The van der Waals surface area contributed by atoms with E-state index in [0.29, 0.717) is 23.8 Å². The monoisotopic (exact) mass is 536 g/mol. The van der Waals surface area contributed by atoms with Crippen LogP contribution in [0.2, 0.25) is 10.0 Å². The molecule has 3 aromatic rings. The van der Waals surface area contributed by atoms with Crippen LogP contribution in [0.4, 0.5) is 0 Å². The van der Waals surface area contributed by atoms with E-state index in [0.717, 1.165) is 12.8 Å². The molecule has 0 bridgehead atoms. The van der Waals surface area contributed by atoms with E-state index in [4.69, 9.17) is 32.4 Å². The molecular formula is C23H22Cl2N4O5S. The lowest BCUT2D eigenvalue weighted by atomic mass is 10.2. The molecule has 1 aromatic heterocycles. The second-order valence-electron chi connectivity index (χ2n) is 8.31. The fraction of sp³-hybridized carbons (Fsp3) is 0.348. The molecule has 12 heteroatoms. The van der Waals surface area contributed by atoms with Crippen molar-refractivity contribution in [2.45, 2.75) is 30.3 Å². The first-order chi connectivity index (χ1) is 16.8. The highest BCUT2D eigenvalue weighted by molar-refractivity contribution is 7.89. The largest absolute Gasteiger partial charge is 0.419 e. The van der Waals surface area contributed by atoms with Gasteiger partial charge in [-0.2, -0.15) is 4.31 Å². The molecule has 1 aliphatic heterocycles. The number of aromatic nitrogens is 2. The lowest BCUT2D eigenvalue weighted by molar-refractivity contribution is 0.0713. The zero-order valence-electron chi connectivity index (χ0n) is 18.6. The topological polar surface area (TPSA) is 106 Å². The molecule has 2 aliphatic rings. The summed E-state index contributed by atoms with van der Waals surface area (Å²) in [5.74, 6) is 0.189. The maximum atomic E-state index is 13.5. The van der Waals surface area contributed by atoms with E-state index in [1.165, 1.54) is 22.5 Å². The van der Waals surface area contributed by atoms with Crippen molar-refractivity contribution in [3.8, 4) is 11.5 Å². The molecule has 1 saturated carbocycles. The van der Waals surface area contributed by atoms with E-state index in [2.05, 4.69) is 10.2 Å². The number of amides is 1. The number of halogens is 2. The summed E-state index contributed by atoms with van der Waals surface area (Å²) in [5, 5.41) is 8.70. The second kappa shape index (κ2) is 9.87. The smallest absolute Gasteiger partial charge is 0.254 e. The number of sulfonamides is 1. The van der Waals surface area contributed by atoms with E-state index in [1.54, 1.807) is 23.1 Å². The third-order valence-electron chi connectivity index (χ3n) is 5.89. The zero-order valence-corrected chi connectivity index (χ0v) is 20.9. The molecule has 0 atom stereocenters. The summed E-state index contributed by atoms with van der Waals surface area (Å²) < 4.78 is 38.7. The highest BCUT2D eigenvalue weighted by Gasteiger charge is 2.36. The van der Waals surface area contributed by atoms with E-state index in [1.807, 2.05) is 6.07 Å². The van der Waals surface area contributed by atoms with Crippen LogP contribution < -0.4 is 0 Å². The van der Waals surface area contributed by atoms with Crippen LogP contribution in [0, 0.1) is 0 Å². The molecule has 1 amide bonds. The van der Waals surface area contributed by atoms with Gasteiger partial charge in [-0.3, -0.25) is 4.79 Å². The Kier molecular flexibility index (Phi) is 6.82. The van der Waals surface area contributed by atoms with Gasteiger partial charge in [-0.15, -0.1) is 10.2 Å². The predicted molar refractivity (Wildman–Crippen MR) is 129 cm³/mol. The number of ether oxygens (including phenoxy) is 1. The van der Waals surface area contributed by atoms with E-state index in [9.17, 15) is 13.2 Å². The Morgan fingerprint density at radius 3 is 2.51 bits per heavy atom. The first-order valence-corrected chi connectivity index (χ1v) is 13.3. The molecule has 5 rings (SSSR count).